The number of carbonyl (C=O) groups is 1. The highest BCUT2D eigenvalue weighted by Crippen LogP contribution is 2.36. The van der Waals surface area contributed by atoms with E-state index in [9.17, 15) is 14.9 Å². The molecule has 0 unspecified atom stereocenters. The van der Waals surface area contributed by atoms with E-state index in [1.807, 2.05) is 0 Å². The smallest absolute Gasteiger partial charge is 0.313 e. The molecular formula is C13H7BrClNO4. The second-order valence-corrected chi connectivity index (χ2v) is 5.07. The zero-order valence-electron chi connectivity index (χ0n) is 9.88. The van der Waals surface area contributed by atoms with Crippen molar-refractivity contribution in [1.82, 2.24) is 0 Å². The van der Waals surface area contributed by atoms with Crippen LogP contribution in [0.2, 0.25) is 5.02 Å². The minimum atomic E-state index is -0.574. The van der Waals surface area contributed by atoms with E-state index in [-0.39, 0.29) is 16.5 Å². The van der Waals surface area contributed by atoms with Crippen LogP contribution in [0.4, 0.5) is 5.69 Å². The monoisotopic (exact) mass is 355 g/mol. The maximum absolute atomic E-state index is 11.0. The summed E-state index contributed by atoms with van der Waals surface area (Å²) < 4.78 is 6.01. The molecule has 0 aliphatic carbocycles. The van der Waals surface area contributed by atoms with Gasteiger partial charge in [-0.3, -0.25) is 14.9 Å². The van der Waals surface area contributed by atoms with E-state index in [0.29, 0.717) is 22.1 Å². The van der Waals surface area contributed by atoms with Crippen LogP contribution in [0.1, 0.15) is 10.4 Å². The van der Waals surface area contributed by atoms with Crippen LogP contribution in [0.5, 0.6) is 11.5 Å². The Labute approximate surface area is 127 Å². The Morgan fingerprint density at radius 2 is 1.90 bits per heavy atom. The number of nitrogens with zero attached hydrogens (tertiary/aromatic N) is 1. The summed E-state index contributed by atoms with van der Waals surface area (Å²) in [4.78, 5) is 21.0. The second-order valence-electron chi connectivity index (χ2n) is 3.78. The van der Waals surface area contributed by atoms with Crippen molar-refractivity contribution in [2.24, 2.45) is 0 Å². The number of carbonyl (C=O) groups excluding carboxylic acids is 1. The molecule has 0 saturated heterocycles. The number of nitro benzene ring substituents is 1. The molecule has 2 aromatic carbocycles. The van der Waals surface area contributed by atoms with Crippen LogP contribution < -0.4 is 4.74 Å². The van der Waals surface area contributed by atoms with Crippen molar-refractivity contribution in [2.75, 3.05) is 0 Å². The van der Waals surface area contributed by atoms with Crippen LogP contribution in [-0.4, -0.2) is 11.2 Å². The standard InChI is InChI=1S/C13H7BrClNO4/c14-10-5-8(7-17)1-3-12(10)20-13-4-2-9(15)6-11(13)16(18)19/h1-7H. The van der Waals surface area contributed by atoms with E-state index in [1.54, 1.807) is 18.2 Å². The number of benzene rings is 2. The number of hydrogen-bond donors (Lipinski definition) is 0. The molecule has 0 radical (unpaired) electrons. The average molecular weight is 357 g/mol. The molecule has 2 rings (SSSR count). The predicted octanol–water partition coefficient (Wildman–Crippen LogP) is 4.62. The molecule has 0 aliphatic rings. The number of halogens is 2. The van der Waals surface area contributed by atoms with Gasteiger partial charge in [-0.05, 0) is 46.3 Å². The van der Waals surface area contributed by atoms with Gasteiger partial charge in [-0.15, -0.1) is 0 Å². The molecule has 0 N–H and O–H groups in total. The number of ether oxygens (including phenoxy) is 1. The van der Waals surface area contributed by atoms with E-state index in [4.69, 9.17) is 16.3 Å². The second kappa shape index (κ2) is 6.02. The van der Waals surface area contributed by atoms with Gasteiger partial charge in [0.1, 0.15) is 12.0 Å². The molecule has 0 heterocycles. The first kappa shape index (κ1) is 14.5. The fraction of sp³-hybridized carbons (Fsp3) is 0. The summed E-state index contributed by atoms with van der Waals surface area (Å²) in [5.41, 5.74) is 0.235. The lowest BCUT2D eigenvalue weighted by atomic mass is 10.2. The Morgan fingerprint density at radius 3 is 2.50 bits per heavy atom. The van der Waals surface area contributed by atoms with Crippen LogP contribution in [0, 0.1) is 10.1 Å². The highest BCUT2D eigenvalue weighted by Gasteiger charge is 2.17. The van der Waals surface area contributed by atoms with Gasteiger partial charge in [-0.2, -0.15) is 0 Å². The van der Waals surface area contributed by atoms with Crippen LogP contribution >= 0.6 is 27.5 Å². The van der Waals surface area contributed by atoms with Crippen LogP contribution in [-0.2, 0) is 0 Å². The third kappa shape index (κ3) is 3.15. The van der Waals surface area contributed by atoms with E-state index in [2.05, 4.69) is 15.9 Å². The summed E-state index contributed by atoms with van der Waals surface area (Å²) in [5.74, 6) is 0.431. The van der Waals surface area contributed by atoms with Gasteiger partial charge < -0.3 is 4.74 Å². The summed E-state index contributed by atoms with van der Waals surface area (Å²) in [6.45, 7) is 0. The molecule has 0 amide bonds. The van der Waals surface area contributed by atoms with Gasteiger partial charge in [-0.25, -0.2) is 0 Å². The molecule has 0 spiro atoms. The molecule has 2 aromatic rings. The van der Waals surface area contributed by atoms with Crippen molar-refractivity contribution in [3.63, 3.8) is 0 Å². The SMILES string of the molecule is O=Cc1ccc(Oc2ccc(Cl)cc2[N+](=O)[O-])c(Br)c1. The Hall–Kier alpha value is -1.92. The molecular weight excluding hydrogens is 350 g/mol. The Balaban J connectivity index is 2.39. The molecule has 0 aromatic heterocycles. The molecule has 20 heavy (non-hydrogen) atoms. The molecule has 0 atom stereocenters. The molecule has 5 nitrogen and oxygen atoms in total. The number of nitro groups is 1. The van der Waals surface area contributed by atoms with Crippen molar-refractivity contribution >= 4 is 39.5 Å². The molecule has 0 fully saturated rings. The van der Waals surface area contributed by atoms with Gasteiger partial charge in [0.25, 0.3) is 0 Å². The Kier molecular flexibility index (Phi) is 4.36. The minimum Gasteiger partial charge on any atom is -0.449 e. The minimum absolute atomic E-state index is 0.0685. The zero-order valence-corrected chi connectivity index (χ0v) is 12.2. The van der Waals surface area contributed by atoms with Crippen molar-refractivity contribution < 1.29 is 14.5 Å². The van der Waals surface area contributed by atoms with Crippen molar-refractivity contribution in [1.29, 1.82) is 0 Å². The van der Waals surface area contributed by atoms with Crippen molar-refractivity contribution in [2.45, 2.75) is 0 Å². The summed E-state index contributed by atoms with van der Waals surface area (Å²) in [6.07, 6.45) is 0.694. The maximum atomic E-state index is 11.0. The Bertz CT molecular complexity index is 690. The summed E-state index contributed by atoms with van der Waals surface area (Å²) in [6, 6.07) is 8.79. The summed E-state index contributed by atoms with van der Waals surface area (Å²) >= 11 is 8.97. The van der Waals surface area contributed by atoms with E-state index < -0.39 is 4.92 Å². The van der Waals surface area contributed by atoms with Crippen LogP contribution in [0.3, 0.4) is 0 Å². The van der Waals surface area contributed by atoms with Gasteiger partial charge in [-0.1, -0.05) is 11.6 Å². The molecule has 0 aliphatic heterocycles. The number of aldehydes is 1. The molecule has 0 saturated carbocycles. The normalized spacial score (nSPS) is 10.1. The van der Waals surface area contributed by atoms with E-state index in [1.165, 1.54) is 18.2 Å². The largest absolute Gasteiger partial charge is 0.449 e. The van der Waals surface area contributed by atoms with E-state index >= 15 is 0 Å². The topological polar surface area (TPSA) is 69.4 Å². The number of hydrogen-bond acceptors (Lipinski definition) is 4. The zero-order chi connectivity index (χ0) is 14.7. The van der Waals surface area contributed by atoms with Crippen molar-refractivity contribution in [3.05, 3.63) is 61.6 Å². The molecule has 7 heteroatoms. The van der Waals surface area contributed by atoms with Gasteiger partial charge in [0, 0.05) is 16.7 Å². The van der Waals surface area contributed by atoms with Gasteiger partial charge in [0.2, 0.25) is 5.75 Å². The highest BCUT2D eigenvalue weighted by molar-refractivity contribution is 9.10. The van der Waals surface area contributed by atoms with Crippen LogP contribution in [0.15, 0.2) is 40.9 Å². The van der Waals surface area contributed by atoms with Gasteiger partial charge in [0.15, 0.2) is 0 Å². The summed E-state index contributed by atoms with van der Waals surface area (Å²) in [5, 5.41) is 11.2. The number of rotatable bonds is 4. The average Bonchev–Trinajstić information content (AvgIpc) is 2.42. The summed E-state index contributed by atoms with van der Waals surface area (Å²) in [7, 11) is 0. The first-order valence-corrected chi connectivity index (χ1v) is 6.55. The van der Waals surface area contributed by atoms with Crippen molar-refractivity contribution in [3.8, 4) is 11.5 Å². The van der Waals surface area contributed by atoms with Gasteiger partial charge >= 0.3 is 5.69 Å². The highest BCUT2D eigenvalue weighted by atomic mass is 79.9. The quantitative estimate of drug-likeness (QED) is 0.455. The molecule has 102 valence electrons. The fourth-order valence-electron chi connectivity index (χ4n) is 1.51. The fourth-order valence-corrected chi connectivity index (χ4v) is 2.15. The first-order chi connectivity index (χ1) is 9.51. The lowest BCUT2D eigenvalue weighted by Gasteiger charge is -2.08. The van der Waals surface area contributed by atoms with Gasteiger partial charge in [0.05, 0.1) is 9.40 Å². The first-order valence-electron chi connectivity index (χ1n) is 5.38. The van der Waals surface area contributed by atoms with Crippen LogP contribution in [0.25, 0.3) is 0 Å². The molecule has 0 bridgehead atoms. The predicted molar refractivity (Wildman–Crippen MR) is 77.7 cm³/mol. The Morgan fingerprint density at radius 1 is 1.20 bits per heavy atom. The third-order valence-corrected chi connectivity index (χ3v) is 3.28. The third-order valence-electron chi connectivity index (χ3n) is 2.43. The van der Waals surface area contributed by atoms with E-state index in [0.717, 1.165) is 0 Å². The lowest BCUT2D eigenvalue weighted by Crippen LogP contribution is -1.94. The maximum Gasteiger partial charge on any atom is 0.313 e. The lowest BCUT2D eigenvalue weighted by molar-refractivity contribution is -0.385.